The van der Waals surface area contributed by atoms with Crippen LogP contribution >= 0.6 is 0 Å². The van der Waals surface area contributed by atoms with Crippen LogP contribution in [0.2, 0.25) is 0 Å². The van der Waals surface area contributed by atoms with E-state index in [1.54, 1.807) is 19.1 Å². The first-order valence-electron chi connectivity index (χ1n) is 9.96. The van der Waals surface area contributed by atoms with Gasteiger partial charge >= 0.3 is 5.97 Å². The summed E-state index contributed by atoms with van der Waals surface area (Å²) >= 11 is 0. The number of nitrogens with zero attached hydrogens (tertiary/aromatic N) is 2. The molecule has 0 saturated heterocycles. The molecule has 1 heterocycles. The average molecular weight is 428 g/mol. The summed E-state index contributed by atoms with van der Waals surface area (Å²) in [6.07, 6.45) is 1.62. The SMILES string of the molecule is Cc1ccccc1COc1cccc(/C=C2\N=C(c3ccc([N+](=O)[O-])c(C)c3)OC2=O)c1. The Morgan fingerprint density at radius 2 is 1.84 bits per heavy atom. The number of aliphatic imine (C=N–C) groups is 1. The van der Waals surface area contributed by atoms with Crippen LogP contribution in [0.15, 0.2) is 77.4 Å². The summed E-state index contributed by atoms with van der Waals surface area (Å²) < 4.78 is 11.2. The van der Waals surface area contributed by atoms with Gasteiger partial charge in [-0.2, -0.15) is 0 Å². The molecular weight excluding hydrogens is 408 g/mol. The zero-order valence-electron chi connectivity index (χ0n) is 17.6. The van der Waals surface area contributed by atoms with E-state index in [1.807, 2.05) is 55.5 Å². The Bertz CT molecular complexity index is 1280. The molecule has 0 spiro atoms. The number of ether oxygens (including phenoxy) is 2. The van der Waals surface area contributed by atoms with Gasteiger partial charge in [-0.1, -0.05) is 36.4 Å². The molecule has 0 atom stereocenters. The van der Waals surface area contributed by atoms with Crippen molar-refractivity contribution in [2.24, 2.45) is 4.99 Å². The first kappa shape index (κ1) is 21.0. The molecule has 3 aromatic rings. The van der Waals surface area contributed by atoms with Gasteiger partial charge in [0.1, 0.15) is 12.4 Å². The second-order valence-corrected chi connectivity index (χ2v) is 7.38. The lowest BCUT2D eigenvalue weighted by atomic mass is 10.1. The highest BCUT2D eigenvalue weighted by Crippen LogP contribution is 2.25. The largest absolute Gasteiger partial charge is 0.489 e. The highest BCUT2D eigenvalue weighted by atomic mass is 16.6. The monoisotopic (exact) mass is 428 g/mol. The van der Waals surface area contributed by atoms with Crippen molar-refractivity contribution < 1.29 is 19.2 Å². The quantitative estimate of drug-likeness (QED) is 0.235. The third-order valence-corrected chi connectivity index (χ3v) is 5.08. The minimum Gasteiger partial charge on any atom is -0.489 e. The van der Waals surface area contributed by atoms with Crippen molar-refractivity contribution in [3.8, 4) is 5.75 Å². The first-order valence-corrected chi connectivity index (χ1v) is 9.96. The van der Waals surface area contributed by atoms with E-state index in [4.69, 9.17) is 9.47 Å². The van der Waals surface area contributed by atoms with Crippen molar-refractivity contribution in [3.05, 3.63) is 110 Å². The number of nitro benzene ring substituents is 1. The lowest BCUT2D eigenvalue weighted by Gasteiger charge is -2.09. The number of cyclic esters (lactones) is 1. The minimum atomic E-state index is -0.581. The van der Waals surface area contributed by atoms with E-state index in [9.17, 15) is 14.9 Å². The number of nitro groups is 1. The maximum atomic E-state index is 12.3. The predicted octanol–water partition coefficient (Wildman–Crippen LogP) is 5.14. The number of aryl methyl sites for hydroxylation is 2. The number of hydrogen-bond acceptors (Lipinski definition) is 6. The molecule has 7 nitrogen and oxygen atoms in total. The molecule has 32 heavy (non-hydrogen) atoms. The topological polar surface area (TPSA) is 91.0 Å². The lowest BCUT2D eigenvalue weighted by molar-refractivity contribution is -0.385. The van der Waals surface area contributed by atoms with Gasteiger partial charge in [0.05, 0.1) is 4.92 Å². The highest BCUT2D eigenvalue weighted by molar-refractivity contribution is 6.13. The Morgan fingerprint density at radius 1 is 1.03 bits per heavy atom. The van der Waals surface area contributed by atoms with Crippen LogP contribution in [-0.2, 0) is 16.1 Å². The van der Waals surface area contributed by atoms with Crippen LogP contribution in [-0.4, -0.2) is 16.8 Å². The zero-order valence-corrected chi connectivity index (χ0v) is 17.6. The summed E-state index contributed by atoms with van der Waals surface area (Å²) in [5.74, 6) is 0.206. The highest BCUT2D eigenvalue weighted by Gasteiger charge is 2.25. The van der Waals surface area contributed by atoms with Crippen LogP contribution in [0.25, 0.3) is 6.08 Å². The van der Waals surface area contributed by atoms with Crippen molar-refractivity contribution in [2.75, 3.05) is 0 Å². The van der Waals surface area contributed by atoms with Gasteiger partial charge in [-0.05, 0) is 60.9 Å². The summed E-state index contributed by atoms with van der Waals surface area (Å²) in [6, 6.07) is 19.8. The van der Waals surface area contributed by atoms with Gasteiger partial charge in [-0.15, -0.1) is 0 Å². The first-order chi connectivity index (χ1) is 15.4. The maximum Gasteiger partial charge on any atom is 0.363 e. The fraction of sp³-hybridized carbons (Fsp3) is 0.120. The molecule has 7 heteroatoms. The normalized spacial score (nSPS) is 14.2. The lowest BCUT2D eigenvalue weighted by Crippen LogP contribution is -2.06. The molecule has 0 bridgehead atoms. The molecule has 160 valence electrons. The molecule has 1 aliphatic heterocycles. The van der Waals surface area contributed by atoms with Crippen molar-refractivity contribution in [1.29, 1.82) is 0 Å². The minimum absolute atomic E-state index is 0.00282. The Labute approximate surface area is 184 Å². The molecule has 0 fully saturated rings. The van der Waals surface area contributed by atoms with Crippen LogP contribution in [0.5, 0.6) is 5.75 Å². The van der Waals surface area contributed by atoms with E-state index in [-0.39, 0.29) is 17.3 Å². The Hall–Kier alpha value is -4.26. The Balaban J connectivity index is 1.53. The number of hydrogen-bond donors (Lipinski definition) is 0. The van der Waals surface area contributed by atoms with Crippen molar-refractivity contribution >= 4 is 23.6 Å². The molecule has 0 amide bonds. The van der Waals surface area contributed by atoms with E-state index in [1.165, 1.54) is 12.1 Å². The van der Waals surface area contributed by atoms with Crippen molar-refractivity contribution in [3.63, 3.8) is 0 Å². The van der Waals surface area contributed by atoms with Crippen LogP contribution < -0.4 is 4.74 Å². The third-order valence-electron chi connectivity index (χ3n) is 5.08. The van der Waals surface area contributed by atoms with Gasteiger partial charge in [0.25, 0.3) is 5.69 Å². The average Bonchev–Trinajstić information content (AvgIpc) is 3.13. The van der Waals surface area contributed by atoms with Gasteiger partial charge in [0.2, 0.25) is 5.90 Å². The third kappa shape index (κ3) is 4.57. The van der Waals surface area contributed by atoms with E-state index >= 15 is 0 Å². The van der Waals surface area contributed by atoms with Gasteiger partial charge in [0.15, 0.2) is 5.70 Å². The number of carbonyl (C=O) groups is 1. The fourth-order valence-corrected chi connectivity index (χ4v) is 3.31. The van der Waals surface area contributed by atoms with Crippen molar-refractivity contribution in [1.82, 2.24) is 0 Å². The summed E-state index contributed by atoms with van der Waals surface area (Å²) in [6.45, 7) is 4.10. The van der Waals surface area contributed by atoms with Crippen LogP contribution in [0.4, 0.5) is 5.69 Å². The van der Waals surface area contributed by atoms with E-state index < -0.39 is 10.9 Å². The second kappa shape index (κ2) is 8.85. The van der Waals surface area contributed by atoms with E-state index in [2.05, 4.69) is 4.99 Å². The number of carbonyl (C=O) groups excluding carboxylic acids is 1. The van der Waals surface area contributed by atoms with Gasteiger partial charge in [0, 0.05) is 17.2 Å². The molecule has 0 N–H and O–H groups in total. The molecular formula is C25H20N2O5. The van der Waals surface area contributed by atoms with Gasteiger partial charge < -0.3 is 9.47 Å². The Morgan fingerprint density at radius 3 is 2.59 bits per heavy atom. The molecule has 0 unspecified atom stereocenters. The predicted molar refractivity (Wildman–Crippen MR) is 120 cm³/mol. The molecule has 3 aromatic carbocycles. The smallest absolute Gasteiger partial charge is 0.363 e. The summed E-state index contributed by atoms with van der Waals surface area (Å²) in [5.41, 5.74) is 4.10. The van der Waals surface area contributed by atoms with Crippen LogP contribution in [0, 0.1) is 24.0 Å². The fourth-order valence-electron chi connectivity index (χ4n) is 3.31. The second-order valence-electron chi connectivity index (χ2n) is 7.38. The zero-order chi connectivity index (χ0) is 22.7. The number of esters is 1. The molecule has 4 rings (SSSR count). The van der Waals surface area contributed by atoms with E-state index in [0.29, 0.717) is 23.5 Å². The maximum absolute atomic E-state index is 12.3. The molecule has 1 aliphatic rings. The van der Waals surface area contributed by atoms with E-state index in [0.717, 1.165) is 16.7 Å². The standard InChI is InChI=1S/C25H20N2O5/c1-16-6-3-4-8-20(16)15-31-21-9-5-7-18(13-21)14-22-25(28)32-24(26-22)19-10-11-23(27(29)30)17(2)12-19/h3-14H,15H2,1-2H3/b22-14-. The molecule has 0 radical (unpaired) electrons. The number of benzene rings is 3. The summed E-state index contributed by atoms with van der Waals surface area (Å²) in [5, 5.41) is 11.0. The molecule has 0 saturated carbocycles. The summed E-state index contributed by atoms with van der Waals surface area (Å²) in [4.78, 5) is 27.1. The van der Waals surface area contributed by atoms with Crippen LogP contribution in [0.1, 0.15) is 27.8 Å². The molecule has 0 aromatic heterocycles. The summed E-state index contributed by atoms with van der Waals surface area (Å²) in [7, 11) is 0. The van der Waals surface area contributed by atoms with Gasteiger partial charge in [-0.3, -0.25) is 10.1 Å². The van der Waals surface area contributed by atoms with Gasteiger partial charge in [-0.25, -0.2) is 9.79 Å². The number of rotatable bonds is 6. The van der Waals surface area contributed by atoms with Crippen LogP contribution in [0.3, 0.4) is 0 Å². The molecule has 0 aliphatic carbocycles. The van der Waals surface area contributed by atoms with Crippen molar-refractivity contribution in [2.45, 2.75) is 20.5 Å². The Kier molecular flexibility index (Phi) is 5.81.